The fourth-order valence-corrected chi connectivity index (χ4v) is 3.53. The van der Waals surface area contributed by atoms with Gasteiger partial charge in [0.2, 0.25) is 0 Å². The summed E-state index contributed by atoms with van der Waals surface area (Å²) in [6.07, 6.45) is 5.05. The minimum atomic E-state index is -0.328. The van der Waals surface area contributed by atoms with E-state index in [-0.39, 0.29) is 16.4 Å². The second-order valence-electron chi connectivity index (χ2n) is 5.94. The molecular weight excluding hydrogens is 263 g/mol. The minimum Gasteiger partial charge on any atom is -0.366 e. The van der Waals surface area contributed by atoms with E-state index in [0.717, 1.165) is 18.8 Å². The molecule has 1 aromatic rings. The SMILES string of the molecule is CC1CNC2(CCCC2)CN1c1ccc(Cl)c(F)c1. The van der Waals surface area contributed by atoms with E-state index in [1.54, 1.807) is 12.1 Å². The number of anilines is 1. The van der Waals surface area contributed by atoms with Crippen LogP contribution in [-0.2, 0) is 0 Å². The van der Waals surface area contributed by atoms with Gasteiger partial charge in [-0.25, -0.2) is 4.39 Å². The Hall–Kier alpha value is -0.800. The standard InChI is InChI=1S/C15H20ClFN2/c1-11-9-18-15(6-2-3-7-15)10-19(11)12-4-5-13(16)14(17)8-12/h4-5,8,11,18H,2-3,6-7,9-10H2,1H3. The Morgan fingerprint density at radius 2 is 2.11 bits per heavy atom. The molecule has 4 heteroatoms. The van der Waals surface area contributed by atoms with Gasteiger partial charge in [0.1, 0.15) is 5.82 Å². The Balaban J connectivity index is 1.86. The highest BCUT2D eigenvalue weighted by Gasteiger charge is 2.40. The quantitative estimate of drug-likeness (QED) is 0.847. The van der Waals surface area contributed by atoms with Crippen molar-refractivity contribution in [2.45, 2.75) is 44.2 Å². The minimum absolute atomic E-state index is 0.196. The van der Waals surface area contributed by atoms with Crippen LogP contribution >= 0.6 is 11.6 Å². The molecule has 1 atom stereocenters. The Bertz CT molecular complexity index is 471. The molecule has 1 heterocycles. The van der Waals surface area contributed by atoms with E-state index in [1.165, 1.54) is 25.7 Å². The maximum atomic E-state index is 13.7. The predicted octanol–water partition coefficient (Wildman–Crippen LogP) is 3.59. The van der Waals surface area contributed by atoms with E-state index in [0.29, 0.717) is 6.04 Å². The van der Waals surface area contributed by atoms with Crippen LogP contribution in [0.25, 0.3) is 0 Å². The van der Waals surface area contributed by atoms with Crippen molar-refractivity contribution in [3.05, 3.63) is 29.0 Å². The summed E-state index contributed by atoms with van der Waals surface area (Å²) in [6, 6.07) is 5.53. The van der Waals surface area contributed by atoms with Crippen LogP contribution in [0, 0.1) is 5.82 Å². The second kappa shape index (κ2) is 4.95. The number of piperazine rings is 1. The zero-order chi connectivity index (χ0) is 13.5. The number of nitrogens with one attached hydrogen (secondary N) is 1. The highest BCUT2D eigenvalue weighted by Crippen LogP contribution is 2.35. The van der Waals surface area contributed by atoms with Gasteiger partial charge in [0.05, 0.1) is 5.02 Å². The average Bonchev–Trinajstić information content (AvgIpc) is 2.85. The van der Waals surface area contributed by atoms with Crippen molar-refractivity contribution in [2.24, 2.45) is 0 Å². The number of hydrogen-bond acceptors (Lipinski definition) is 2. The first-order valence-corrected chi connectivity index (χ1v) is 7.44. The molecule has 1 spiro atoms. The van der Waals surface area contributed by atoms with Crippen molar-refractivity contribution in [1.29, 1.82) is 0 Å². The smallest absolute Gasteiger partial charge is 0.143 e. The number of benzene rings is 1. The Kier molecular flexibility index (Phi) is 3.44. The van der Waals surface area contributed by atoms with E-state index in [1.807, 2.05) is 6.07 Å². The third-order valence-electron chi connectivity index (χ3n) is 4.57. The molecule has 1 N–H and O–H groups in total. The van der Waals surface area contributed by atoms with E-state index in [2.05, 4.69) is 17.1 Å². The number of halogens is 2. The maximum Gasteiger partial charge on any atom is 0.143 e. The number of nitrogens with zero attached hydrogens (tertiary/aromatic N) is 1. The summed E-state index contributed by atoms with van der Waals surface area (Å²) in [5.41, 5.74) is 1.19. The van der Waals surface area contributed by atoms with Crippen LogP contribution in [0.3, 0.4) is 0 Å². The van der Waals surface area contributed by atoms with Crippen LogP contribution in [-0.4, -0.2) is 24.7 Å². The molecule has 0 aromatic heterocycles. The third-order valence-corrected chi connectivity index (χ3v) is 4.88. The number of hydrogen-bond donors (Lipinski definition) is 1. The molecule has 2 fully saturated rings. The van der Waals surface area contributed by atoms with Crippen LogP contribution < -0.4 is 10.2 Å². The highest BCUT2D eigenvalue weighted by atomic mass is 35.5. The molecule has 104 valence electrons. The van der Waals surface area contributed by atoms with Crippen LogP contribution in [0.2, 0.25) is 5.02 Å². The second-order valence-corrected chi connectivity index (χ2v) is 6.35. The van der Waals surface area contributed by atoms with E-state index < -0.39 is 0 Å². The van der Waals surface area contributed by atoms with Crippen LogP contribution in [0.1, 0.15) is 32.6 Å². The number of rotatable bonds is 1. The fraction of sp³-hybridized carbons (Fsp3) is 0.600. The molecule has 3 rings (SSSR count). The van der Waals surface area contributed by atoms with Crippen molar-refractivity contribution in [2.75, 3.05) is 18.0 Å². The van der Waals surface area contributed by atoms with Crippen LogP contribution in [0.4, 0.5) is 10.1 Å². The van der Waals surface area contributed by atoms with Gasteiger partial charge in [-0.2, -0.15) is 0 Å². The van der Waals surface area contributed by atoms with E-state index in [4.69, 9.17) is 11.6 Å². The van der Waals surface area contributed by atoms with Crippen molar-refractivity contribution in [1.82, 2.24) is 5.32 Å². The fourth-order valence-electron chi connectivity index (χ4n) is 3.41. The van der Waals surface area contributed by atoms with Gasteiger partial charge in [0.15, 0.2) is 0 Å². The van der Waals surface area contributed by atoms with Crippen molar-refractivity contribution < 1.29 is 4.39 Å². The van der Waals surface area contributed by atoms with Gasteiger partial charge in [-0.15, -0.1) is 0 Å². The molecule has 1 unspecified atom stereocenters. The molecule has 1 aliphatic carbocycles. The Morgan fingerprint density at radius 1 is 1.37 bits per heavy atom. The summed E-state index contributed by atoms with van der Waals surface area (Å²) >= 11 is 5.77. The summed E-state index contributed by atoms with van der Waals surface area (Å²) in [7, 11) is 0. The molecule has 2 aliphatic rings. The topological polar surface area (TPSA) is 15.3 Å². The zero-order valence-corrected chi connectivity index (χ0v) is 12.0. The molecule has 1 saturated heterocycles. The molecule has 0 bridgehead atoms. The van der Waals surface area contributed by atoms with Crippen molar-refractivity contribution >= 4 is 17.3 Å². The largest absolute Gasteiger partial charge is 0.366 e. The molecule has 1 saturated carbocycles. The van der Waals surface area contributed by atoms with Gasteiger partial charge in [-0.1, -0.05) is 24.4 Å². The highest BCUT2D eigenvalue weighted by molar-refractivity contribution is 6.30. The molecule has 2 nitrogen and oxygen atoms in total. The molecule has 1 aromatic carbocycles. The lowest BCUT2D eigenvalue weighted by molar-refractivity contribution is 0.276. The van der Waals surface area contributed by atoms with Crippen molar-refractivity contribution in [3.63, 3.8) is 0 Å². The first-order valence-electron chi connectivity index (χ1n) is 7.06. The van der Waals surface area contributed by atoms with Gasteiger partial charge < -0.3 is 10.2 Å². The summed E-state index contributed by atoms with van der Waals surface area (Å²) in [4.78, 5) is 2.32. The van der Waals surface area contributed by atoms with E-state index in [9.17, 15) is 4.39 Å². The van der Waals surface area contributed by atoms with Crippen molar-refractivity contribution in [3.8, 4) is 0 Å². The molecule has 1 aliphatic heterocycles. The first kappa shape index (κ1) is 13.2. The molecule has 0 amide bonds. The van der Waals surface area contributed by atoms with Gasteiger partial charge in [-0.3, -0.25) is 0 Å². The summed E-state index contributed by atoms with van der Waals surface area (Å²) < 4.78 is 13.7. The molecular formula is C15H20ClFN2. The van der Waals surface area contributed by atoms with Gasteiger partial charge >= 0.3 is 0 Å². The van der Waals surface area contributed by atoms with Crippen LogP contribution in [0.5, 0.6) is 0 Å². The first-order chi connectivity index (χ1) is 9.10. The lowest BCUT2D eigenvalue weighted by Crippen LogP contribution is -2.62. The normalized spacial score (nSPS) is 26.1. The van der Waals surface area contributed by atoms with Gasteiger partial charge in [-0.05, 0) is 38.0 Å². The summed E-state index contributed by atoms with van der Waals surface area (Å²) in [5.74, 6) is -0.328. The Morgan fingerprint density at radius 3 is 2.79 bits per heavy atom. The van der Waals surface area contributed by atoms with Gasteiger partial charge in [0.25, 0.3) is 0 Å². The molecule has 19 heavy (non-hydrogen) atoms. The summed E-state index contributed by atoms with van der Waals surface area (Å²) in [6.45, 7) is 4.11. The third kappa shape index (κ3) is 2.46. The lowest BCUT2D eigenvalue weighted by Gasteiger charge is -2.46. The van der Waals surface area contributed by atoms with E-state index >= 15 is 0 Å². The van der Waals surface area contributed by atoms with Gasteiger partial charge in [0, 0.05) is 30.4 Å². The summed E-state index contributed by atoms with van der Waals surface area (Å²) in [5, 5.41) is 3.90. The lowest BCUT2D eigenvalue weighted by atomic mass is 9.92. The maximum absolute atomic E-state index is 13.7. The predicted molar refractivity (Wildman–Crippen MR) is 77.4 cm³/mol. The monoisotopic (exact) mass is 282 g/mol. The molecule has 0 radical (unpaired) electrons. The average molecular weight is 283 g/mol. The Labute approximate surface area is 118 Å². The van der Waals surface area contributed by atoms with Crippen LogP contribution in [0.15, 0.2) is 18.2 Å². The zero-order valence-electron chi connectivity index (χ0n) is 11.3.